The van der Waals surface area contributed by atoms with Crippen molar-refractivity contribution in [1.29, 1.82) is 0 Å². The van der Waals surface area contributed by atoms with E-state index >= 15 is 0 Å². The van der Waals surface area contributed by atoms with Crippen molar-refractivity contribution in [3.05, 3.63) is 71.4 Å². The summed E-state index contributed by atoms with van der Waals surface area (Å²) in [5.41, 5.74) is 4.98. The molecule has 114 valence electrons. The Morgan fingerprint density at radius 1 is 1.17 bits per heavy atom. The molecule has 4 heteroatoms. The molecule has 23 heavy (non-hydrogen) atoms. The summed E-state index contributed by atoms with van der Waals surface area (Å²) in [4.78, 5) is 11.9. The van der Waals surface area contributed by atoms with Crippen LogP contribution in [0.4, 0.5) is 4.39 Å². The summed E-state index contributed by atoms with van der Waals surface area (Å²) < 4.78 is 13.5. The molecule has 0 saturated carbocycles. The molecule has 1 aliphatic rings. The number of halogens is 1. The Bertz CT molecular complexity index is 921. The van der Waals surface area contributed by atoms with Crippen LogP contribution in [0, 0.1) is 5.82 Å². The molecule has 0 fully saturated rings. The van der Waals surface area contributed by atoms with Gasteiger partial charge < -0.3 is 4.98 Å². The van der Waals surface area contributed by atoms with E-state index < -0.39 is 0 Å². The lowest BCUT2D eigenvalue weighted by molar-refractivity contribution is 0.621. The molecule has 1 N–H and O–H groups in total. The van der Waals surface area contributed by atoms with Crippen molar-refractivity contribution in [3.8, 4) is 0 Å². The van der Waals surface area contributed by atoms with Crippen LogP contribution in [0.25, 0.3) is 17.0 Å². The normalized spacial score (nSPS) is 16.7. The van der Waals surface area contributed by atoms with Gasteiger partial charge >= 0.3 is 0 Å². The maximum Gasteiger partial charge on any atom is 0.142 e. The van der Waals surface area contributed by atoms with Gasteiger partial charge in [0.1, 0.15) is 5.82 Å². The van der Waals surface area contributed by atoms with E-state index in [0.717, 1.165) is 47.3 Å². The quantitative estimate of drug-likeness (QED) is 0.750. The molecule has 0 spiro atoms. The predicted octanol–water partition coefficient (Wildman–Crippen LogP) is 4.37. The average molecular weight is 305 g/mol. The lowest BCUT2D eigenvalue weighted by atomic mass is 9.95. The van der Waals surface area contributed by atoms with Crippen LogP contribution in [-0.2, 0) is 0 Å². The molecule has 1 aliphatic heterocycles. The molecule has 3 aromatic rings. The van der Waals surface area contributed by atoms with Gasteiger partial charge in [0.15, 0.2) is 0 Å². The summed E-state index contributed by atoms with van der Waals surface area (Å²) >= 11 is 0. The monoisotopic (exact) mass is 305 g/mol. The largest absolute Gasteiger partial charge is 0.361 e. The van der Waals surface area contributed by atoms with Gasteiger partial charge in [0.05, 0.1) is 11.9 Å². The Hall–Kier alpha value is -2.75. The molecule has 0 aliphatic carbocycles. The van der Waals surface area contributed by atoms with Crippen LogP contribution in [-0.4, -0.2) is 22.2 Å². The summed E-state index contributed by atoms with van der Waals surface area (Å²) in [6.45, 7) is 0.775. The van der Waals surface area contributed by atoms with Crippen LogP contribution in [0.2, 0.25) is 0 Å². The number of rotatable bonds is 2. The number of aromatic nitrogens is 2. The molecule has 0 atom stereocenters. The minimum atomic E-state index is -0.331. The summed E-state index contributed by atoms with van der Waals surface area (Å²) in [6.07, 6.45) is 9.01. The summed E-state index contributed by atoms with van der Waals surface area (Å²) in [5, 5.41) is 1.18. The zero-order valence-electron chi connectivity index (χ0n) is 12.6. The Balaban J connectivity index is 1.80. The average Bonchev–Trinajstić information content (AvgIpc) is 2.99. The zero-order chi connectivity index (χ0) is 15.6. The number of fused-ring (bicyclic) bond motifs is 1. The van der Waals surface area contributed by atoms with Gasteiger partial charge in [0.25, 0.3) is 0 Å². The molecular weight excluding hydrogens is 289 g/mol. The highest BCUT2D eigenvalue weighted by atomic mass is 19.1. The number of nitrogens with one attached hydrogen (secondary N) is 1. The molecule has 0 unspecified atom stereocenters. The second-order valence-corrected chi connectivity index (χ2v) is 5.68. The van der Waals surface area contributed by atoms with E-state index in [0.29, 0.717) is 0 Å². The lowest BCUT2D eigenvalue weighted by Crippen LogP contribution is -2.12. The van der Waals surface area contributed by atoms with Crippen LogP contribution in [0.15, 0.2) is 59.5 Å². The molecule has 0 amide bonds. The van der Waals surface area contributed by atoms with Gasteiger partial charge in [-0.15, -0.1) is 0 Å². The first-order valence-electron chi connectivity index (χ1n) is 7.74. The number of hydrogen-bond donors (Lipinski definition) is 1. The molecule has 0 bridgehead atoms. The van der Waals surface area contributed by atoms with Crippen molar-refractivity contribution >= 4 is 22.7 Å². The minimum absolute atomic E-state index is 0.331. The van der Waals surface area contributed by atoms with Gasteiger partial charge in [-0.3, -0.25) is 9.98 Å². The number of para-hydroxylation sites is 1. The fourth-order valence-electron chi connectivity index (χ4n) is 3.04. The summed E-state index contributed by atoms with van der Waals surface area (Å²) in [5.74, 6) is -0.331. The SMILES string of the molecule is Fc1cncc(C2=NCCC/C2=C\c2c[nH]c3ccccc23)c1. The Morgan fingerprint density at radius 3 is 3.00 bits per heavy atom. The van der Waals surface area contributed by atoms with Crippen LogP contribution in [0.1, 0.15) is 24.0 Å². The number of H-pyrrole nitrogens is 1. The molecule has 2 aromatic heterocycles. The molecule has 3 nitrogen and oxygen atoms in total. The van der Waals surface area contributed by atoms with Crippen LogP contribution in [0.3, 0.4) is 0 Å². The molecule has 0 saturated heterocycles. The first-order chi connectivity index (χ1) is 11.3. The van der Waals surface area contributed by atoms with Crippen molar-refractivity contribution in [2.75, 3.05) is 6.54 Å². The van der Waals surface area contributed by atoms with Crippen molar-refractivity contribution in [2.45, 2.75) is 12.8 Å². The number of allylic oxidation sites excluding steroid dienone is 1. The second-order valence-electron chi connectivity index (χ2n) is 5.68. The molecule has 0 radical (unpaired) electrons. The van der Waals surface area contributed by atoms with Crippen molar-refractivity contribution in [2.24, 2.45) is 4.99 Å². The number of nitrogens with zero attached hydrogens (tertiary/aromatic N) is 2. The second kappa shape index (κ2) is 5.80. The Kier molecular flexibility index (Phi) is 3.50. The highest BCUT2D eigenvalue weighted by Gasteiger charge is 2.15. The first kappa shape index (κ1) is 13.9. The third-order valence-electron chi connectivity index (χ3n) is 4.11. The summed E-state index contributed by atoms with van der Waals surface area (Å²) in [7, 11) is 0. The molecular formula is C19H16FN3. The first-order valence-corrected chi connectivity index (χ1v) is 7.74. The Morgan fingerprint density at radius 2 is 2.09 bits per heavy atom. The van der Waals surface area contributed by atoms with E-state index in [1.54, 1.807) is 6.20 Å². The number of aliphatic imine (C=N–C) groups is 1. The van der Waals surface area contributed by atoms with Crippen LogP contribution >= 0.6 is 0 Å². The fraction of sp³-hybridized carbons (Fsp3) is 0.158. The van der Waals surface area contributed by atoms with Crippen molar-refractivity contribution < 1.29 is 4.39 Å². The smallest absolute Gasteiger partial charge is 0.142 e. The Labute approximate surface area is 133 Å². The lowest BCUT2D eigenvalue weighted by Gasteiger charge is -2.16. The van der Waals surface area contributed by atoms with E-state index in [2.05, 4.69) is 33.2 Å². The number of pyridine rings is 1. The molecule has 1 aromatic carbocycles. The highest BCUT2D eigenvalue weighted by Crippen LogP contribution is 2.25. The van der Waals surface area contributed by atoms with Gasteiger partial charge in [-0.2, -0.15) is 0 Å². The van der Waals surface area contributed by atoms with Gasteiger partial charge in [-0.05, 0) is 36.6 Å². The predicted molar refractivity (Wildman–Crippen MR) is 91.1 cm³/mol. The maximum atomic E-state index is 13.5. The number of aromatic amines is 1. The van der Waals surface area contributed by atoms with Crippen LogP contribution in [0.5, 0.6) is 0 Å². The van der Waals surface area contributed by atoms with Crippen molar-refractivity contribution in [3.63, 3.8) is 0 Å². The van der Waals surface area contributed by atoms with Crippen LogP contribution < -0.4 is 0 Å². The van der Waals surface area contributed by atoms with Gasteiger partial charge in [0, 0.05) is 41.0 Å². The molecule has 3 heterocycles. The summed E-state index contributed by atoms with van der Waals surface area (Å²) in [6, 6.07) is 9.71. The number of hydrogen-bond acceptors (Lipinski definition) is 2. The maximum absolute atomic E-state index is 13.5. The van der Waals surface area contributed by atoms with E-state index in [9.17, 15) is 4.39 Å². The fourth-order valence-corrected chi connectivity index (χ4v) is 3.04. The minimum Gasteiger partial charge on any atom is -0.361 e. The third-order valence-corrected chi connectivity index (χ3v) is 4.11. The van der Waals surface area contributed by atoms with Gasteiger partial charge in [-0.25, -0.2) is 4.39 Å². The van der Waals surface area contributed by atoms with Crippen molar-refractivity contribution in [1.82, 2.24) is 9.97 Å². The third kappa shape index (κ3) is 2.68. The van der Waals surface area contributed by atoms with E-state index in [4.69, 9.17) is 0 Å². The van der Waals surface area contributed by atoms with E-state index in [-0.39, 0.29) is 5.82 Å². The van der Waals surface area contributed by atoms with Gasteiger partial charge in [-0.1, -0.05) is 18.2 Å². The van der Waals surface area contributed by atoms with Gasteiger partial charge in [0.2, 0.25) is 0 Å². The van der Waals surface area contributed by atoms with E-state index in [1.165, 1.54) is 17.6 Å². The molecule has 4 rings (SSSR count). The topological polar surface area (TPSA) is 41.0 Å². The standard InChI is InChI=1S/C19H16FN3/c20-16-9-15(10-21-12-16)19-13(4-3-7-22-19)8-14-11-23-18-6-2-1-5-17(14)18/h1-2,5-6,8-12,23H,3-4,7H2/b13-8+. The highest BCUT2D eigenvalue weighted by molar-refractivity contribution is 6.15. The van der Waals surface area contributed by atoms with E-state index in [1.807, 2.05) is 18.3 Å². The number of benzene rings is 1. The zero-order valence-corrected chi connectivity index (χ0v) is 12.6.